The average Bonchev–Trinajstić information content (AvgIpc) is 3.13. The van der Waals surface area contributed by atoms with E-state index in [-0.39, 0.29) is 0 Å². The van der Waals surface area contributed by atoms with E-state index in [1.165, 1.54) is 69.8 Å². The highest BCUT2D eigenvalue weighted by Crippen LogP contribution is 2.55. The fraction of sp³-hybridized carbons (Fsp3) is 0.739. The molecule has 142 valence electrons. The molecule has 0 atom stereocenters. The number of hydrogen-bond acceptors (Lipinski definition) is 3. The molecule has 0 aliphatic heterocycles. The van der Waals surface area contributed by atoms with E-state index in [0.29, 0.717) is 11.6 Å². The molecule has 5 fully saturated rings. The number of hydrogen-bond donors (Lipinski definition) is 1. The molecule has 3 nitrogen and oxygen atoms in total. The van der Waals surface area contributed by atoms with Gasteiger partial charge in [0.2, 0.25) is 0 Å². The Bertz CT molecular complexity index is 614. The topological polar surface area (TPSA) is 30.5 Å². The summed E-state index contributed by atoms with van der Waals surface area (Å²) in [6.07, 6.45) is 14.0. The first-order valence-electron chi connectivity index (χ1n) is 10.8. The Morgan fingerprint density at radius 2 is 1.62 bits per heavy atom. The Kier molecular flexibility index (Phi) is 4.39. The van der Waals surface area contributed by atoms with E-state index >= 15 is 0 Å². The predicted molar refractivity (Wildman–Crippen MR) is 104 cm³/mol. The normalized spacial score (nSPS) is 35.8. The van der Waals surface area contributed by atoms with Crippen LogP contribution in [0.4, 0.5) is 0 Å². The summed E-state index contributed by atoms with van der Waals surface area (Å²) in [5.74, 6) is 4.78. The summed E-state index contributed by atoms with van der Waals surface area (Å²) >= 11 is 0. The zero-order chi connectivity index (χ0) is 17.6. The molecule has 0 saturated heterocycles. The summed E-state index contributed by atoms with van der Waals surface area (Å²) in [6.45, 7) is 0.951. The summed E-state index contributed by atoms with van der Waals surface area (Å²) < 4.78 is 11.8. The predicted octanol–water partition coefficient (Wildman–Crippen LogP) is 5.08. The summed E-state index contributed by atoms with van der Waals surface area (Å²) in [5, 5.41) is 3.99. The van der Waals surface area contributed by atoms with Gasteiger partial charge in [0, 0.05) is 12.1 Å². The first-order valence-corrected chi connectivity index (χ1v) is 10.8. The molecule has 4 bridgehead atoms. The maximum atomic E-state index is 6.19. The second kappa shape index (κ2) is 6.74. The highest BCUT2D eigenvalue weighted by Gasteiger charge is 2.50. The molecule has 0 unspecified atom stereocenters. The van der Waals surface area contributed by atoms with Gasteiger partial charge in [0.1, 0.15) is 0 Å². The van der Waals surface area contributed by atoms with E-state index in [9.17, 15) is 0 Å². The molecule has 3 heteroatoms. The summed E-state index contributed by atoms with van der Waals surface area (Å²) in [4.78, 5) is 0. The van der Waals surface area contributed by atoms with Crippen molar-refractivity contribution in [3.05, 3.63) is 23.8 Å². The molecule has 0 aromatic heterocycles. The van der Waals surface area contributed by atoms with Crippen molar-refractivity contribution in [3.63, 3.8) is 0 Å². The number of rotatable bonds is 6. The lowest BCUT2D eigenvalue weighted by Crippen LogP contribution is -2.58. The van der Waals surface area contributed by atoms with Gasteiger partial charge in [-0.25, -0.2) is 0 Å². The highest BCUT2D eigenvalue weighted by atomic mass is 16.5. The van der Waals surface area contributed by atoms with Crippen LogP contribution in [0.1, 0.15) is 69.8 Å². The summed E-state index contributed by atoms with van der Waals surface area (Å²) in [5.41, 5.74) is 1.73. The molecule has 1 aromatic carbocycles. The molecule has 0 amide bonds. The van der Waals surface area contributed by atoms with Crippen LogP contribution in [0.25, 0.3) is 0 Å². The van der Waals surface area contributed by atoms with E-state index in [4.69, 9.17) is 9.47 Å². The van der Waals surface area contributed by atoms with Crippen LogP contribution < -0.4 is 14.8 Å². The molecule has 0 heterocycles. The van der Waals surface area contributed by atoms with Crippen molar-refractivity contribution in [1.82, 2.24) is 5.32 Å². The Morgan fingerprint density at radius 1 is 0.962 bits per heavy atom. The van der Waals surface area contributed by atoms with Crippen molar-refractivity contribution in [2.24, 2.45) is 17.8 Å². The Morgan fingerprint density at radius 3 is 2.23 bits per heavy atom. The number of methoxy groups -OCH3 is 1. The molecule has 5 aliphatic carbocycles. The molecule has 5 saturated carbocycles. The molecule has 1 N–H and O–H groups in total. The number of ether oxygens (including phenoxy) is 2. The van der Waals surface area contributed by atoms with Crippen LogP contribution in [0, 0.1) is 17.8 Å². The van der Waals surface area contributed by atoms with Crippen molar-refractivity contribution in [2.45, 2.75) is 82.4 Å². The second-order valence-electron chi connectivity index (χ2n) is 9.56. The van der Waals surface area contributed by atoms with Gasteiger partial charge in [-0.15, -0.1) is 0 Å². The van der Waals surface area contributed by atoms with Crippen LogP contribution in [0.5, 0.6) is 11.5 Å². The van der Waals surface area contributed by atoms with Gasteiger partial charge in [-0.2, -0.15) is 0 Å². The van der Waals surface area contributed by atoms with E-state index in [1.807, 2.05) is 0 Å². The third kappa shape index (κ3) is 3.24. The third-order valence-electron chi connectivity index (χ3n) is 7.53. The lowest BCUT2D eigenvalue weighted by molar-refractivity contribution is -0.0206. The van der Waals surface area contributed by atoms with Crippen LogP contribution in [0.3, 0.4) is 0 Å². The lowest BCUT2D eigenvalue weighted by Gasteiger charge is -2.57. The Hall–Kier alpha value is -1.22. The van der Waals surface area contributed by atoms with Gasteiger partial charge in [0.05, 0.1) is 13.2 Å². The first kappa shape index (κ1) is 16.9. The third-order valence-corrected chi connectivity index (χ3v) is 7.53. The average molecular weight is 356 g/mol. The van der Waals surface area contributed by atoms with E-state index in [0.717, 1.165) is 35.8 Å². The van der Waals surface area contributed by atoms with Gasteiger partial charge in [0.25, 0.3) is 0 Å². The molecule has 26 heavy (non-hydrogen) atoms. The zero-order valence-corrected chi connectivity index (χ0v) is 16.1. The van der Waals surface area contributed by atoms with Gasteiger partial charge in [-0.1, -0.05) is 6.07 Å². The standard InChI is InChI=1S/C23H33NO2/c1-25-22-11-16(6-7-21(22)26-20-4-2-3-5-20)15-24-23-12-17-8-18(13-23)10-19(9-17)14-23/h6-7,11,17-20,24H,2-5,8-10,12-15H2,1H3. The number of benzene rings is 1. The quantitative estimate of drug-likeness (QED) is 0.772. The van der Waals surface area contributed by atoms with Gasteiger partial charge in [-0.3, -0.25) is 0 Å². The minimum absolute atomic E-state index is 0.375. The van der Waals surface area contributed by atoms with Gasteiger partial charge in [-0.05, 0) is 99.7 Å². The lowest BCUT2D eigenvalue weighted by atomic mass is 9.53. The SMILES string of the molecule is COc1cc(CNC23CC4CC(CC(C4)C2)C3)ccc1OC1CCCC1. The summed E-state index contributed by atoms with van der Waals surface area (Å²) in [7, 11) is 1.76. The molecular weight excluding hydrogens is 322 g/mol. The monoisotopic (exact) mass is 355 g/mol. The molecule has 6 rings (SSSR count). The van der Waals surface area contributed by atoms with Crippen molar-refractivity contribution in [2.75, 3.05) is 7.11 Å². The minimum atomic E-state index is 0.375. The van der Waals surface area contributed by atoms with E-state index in [1.54, 1.807) is 7.11 Å². The van der Waals surface area contributed by atoms with Crippen LogP contribution in [-0.4, -0.2) is 18.8 Å². The molecule has 0 spiro atoms. The smallest absolute Gasteiger partial charge is 0.161 e. The van der Waals surface area contributed by atoms with Gasteiger partial charge >= 0.3 is 0 Å². The Balaban J connectivity index is 1.25. The highest BCUT2D eigenvalue weighted by molar-refractivity contribution is 5.43. The van der Waals surface area contributed by atoms with Crippen LogP contribution in [-0.2, 0) is 6.54 Å². The van der Waals surface area contributed by atoms with Gasteiger partial charge in [0.15, 0.2) is 11.5 Å². The number of nitrogens with one attached hydrogen (secondary N) is 1. The van der Waals surface area contributed by atoms with Crippen molar-refractivity contribution in [3.8, 4) is 11.5 Å². The maximum absolute atomic E-state index is 6.19. The van der Waals surface area contributed by atoms with Crippen molar-refractivity contribution in [1.29, 1.82) is 0 Å². The van der Waals surface area contributed by atoms with E-state index < -0.39 is 0 Å². The molecule has 5 aliphatic rings. The van der Waals surface area contributed by atoms with Gasteiger partial charge < -0.3 is 14.8 Å². The van der Waals surface area contributed by atoms with Crippen molar-refractivity contribution < 1.29 is 9.47 Å². The van der Waals surface area contributed by atoms with Crippen molar-refractivity contribution >= 4 is 0 Å². The van der Waals surface area contributed by atoms with Crippen LogP contribution >= 0.6 is 0 Å². The fourth-order valence-electron chi connectivity index (χ4n) is 6.72. The fourth-order valence-corrected chi connectivity index (χ4v) is 6.72. The first-order chi connectivity index (χ1) is 12.7. The second-order valence-corrected chi connectivity index (χ2v) is 9.56. The molecule has 1 aromatic rings. The minimum Gasteiger partial charge on any atom is -0.493 e. The summed E-state index contributed by atoms with van der Waals surface area (Å²) in [6, 6.07) is 6.52. The Labute approximate surface area is 157 Å². The van der Waals surface area contributed by atoms with Crippen LogP contribution in [0.2, 0.25) is 0 Å². The maximum Gasteiger partial charge on any atom is 0.161 e. The zero-order valence-electron chi connectivity index (χ0n) is 16.1. The molecular formula is C23H33NO2. The van der Waals surface area contributed by atoms with E-state index in [2.05, 4.69) is 23.5 Å². The van der Waals surface area contributed by atoms with Crippen LogP contribution in [0.15, 0.2) is 18.2 Å². The largest absolute Gasteiger partial charge is 0.493 e. The molecule has 0 radical (unpaired) electrons.